The van der Waals surface area contributed by atoms with Gasteiger partial charge in [0.25, 0.3) is 0 Å². The van der Waals surface area contributed by atoms with Crippen LogP contribution in [0.15, 0.2) is 24.3 Å². The van der Waals surface area contributed by atoms with Crippen LogP contribution in [0.2, 0.25) is 0 Å². The number of nitrogens with zero attached hydrogens (tertiary/aromatic N) is 2. The van der Waals surface area contributed by atoms with Crippen molar-refractivity contribution in [2.75, 3.05) is 7.11 Å². The Kier molecular flexibility index (Phi) is 2.78. The van der Waals surface area contributed by atoms with Crippen LogP contribution in [0.1, 0.15) is 11.4 Å². The van der Waals surface area contributed by atoms with Gasteiger partial charge >= 0.3 is 0 Å². The van der Waals surface area contributed by atoms with E-state index in [9.17, 15) is 0 Å². The Morgan fingerprint density at radius 1 is 1.40 bits per heavy atom. The molecular formula is C11H13N3O. The van der Waals surface area contributed by atoms with Gasteiger partial charge in [-0.05, 0) is 13.0 Å². The van der Waals surface area contributed by atoms with E-state index in [2.05, 4.69) is 21.2 Å². The second-order valence-corrected chi connectivity index (χ2v) is 3.41. The van der Waals surface area contributed by atoms with Crippen molar-refractivity contribution in [1.29, 1.82) is 0 Å². The number of H-pyrrole nitrogens is 1. The van der Waals surface area contributed by atoms with Gasteiger partial charge < -0.3 is 4.74 Å². The largest absolute Gasteiger partial charge is 0.377 e. The van der Waals surface area contributed by atoms with Crippen molar-refractivity contribution in [2.24, 2.45) is 0 Å². The van der Waals surface area contributed by atoms with Gasteiger partial charge in [-0.15, -0.1) is 0 Å². The van der Waals surface area contributed by atoms with Crippen LogP contribution < -0.4 is 0 Å². The van der Waals surface area contributed by atoms with Crippen molar-refractivity contribution in [2.45, 2.75) is 13.5 Å². The average molecular weight is 203 g/mol. The summed E-state index contributed by atoms with van der Waals surface area (Å²) in [6, 6.07) is 8.09. The zero-order chi connectivity index (χ0) is 10.7. The number of benzene rings is 1. The molecule has 0 fully saturated rings. The maximum absolute atomic E-state index is 4.97. The van der Waals surface area contributed by atoms with Crippen molar-refractivity contribution < 1.29 is 4.74 Å². The molecule has 1 N–H and O–H groups in total. The molecule has 4 nitrogen and oxygen atoms in total. The standard InChI is InChI=1S/C11H13N3O/c1-8-4-3-5-9(6-8)11-12-10(7-15-2)13-14-11/h3-6H,7H2,1-2H3,(H,12,13,14). The predicted molar refractivity (Wildman–Crippen MR) is 57.3 cm³/mol. The number of ether oxygens (including phenoxy) is 1. The van der Waals surface area contributed by atoms with Crippen LogP contribution in [0.4, 0.5) is 0 Å². The Morgan fingerprint density at radius 3 is 3.00 bits per heavy atom. The number of nitrogens with one attached hydrogen (secondary N) is 1. The van der Waals surface area contributed by atoms with Gasteiger partial charge in [0.2, 0.25) is 0 Å². The normalized spacial score (nSPS) is 10.5. The monoisotopic (exact) mass is 203 g/mol. The summed E-state index contributed by atoms with van der Waals surface area (Å²) in [4.78, 5) is 4.32. The summed E-state index contributed by atoms with van der Waals surface area (Å²) in [5.74, 6) is 1.46. The second-order valence-electron chi connectivity index (χ2n) is 3.41. The van der Waals surface area contributed by atoms with Crippen LogP contribution in [0.3, 0.4) is 0 Å². The van der Waals surface area contributed by atoms with E-state index >= 15 is 0 Å². The fourth-order valence-corrected chi connectivity index (χ4v) is 1.41. The highest BCUT2D eigenvalue weighted by Gasteiger charge is 2.04. The summed E-state index contributed by atoms with van der Waals surface area (Å²) >= 11 is 0. The summed E-state index contributed by atoms with van der Waals surface area (Å²) in [5, 5.41) is 6.97. The molecular weight excluding hydrogens is 190 g/mol. The van der Waals surface area contributed by atoms with Crippen LogP contribution in [0, 0.1) is 6.92 Å². The molecule has 0 unspecified atom stereocenters. The lowest BCUT2D eigenvalue weighted by Gasteiger charge is -1.96. The third kappa shape index (κ3) is 2.22. The van der Waals surface area contributed by atoms with Gasteiger partial charge in [-0.2, -0.15) is 5.10 Å². The fraction of sp³-hybridized carbons (Fsp3) is 0.273. The Hall–Kier alpha value is -1.68. The minimum Gasteiger partial charge on any atom is -0.377 e. The number of aryl methyl sites for hydroxylation is 1. The van der Waals surface area contributed by atoms with E-state index in [0.29, 0.717) is 12.4 Å². The summed E-state index contributed by atoms with van der Waals surface area (Å²) in [5.41, 5.74) is 2.22. The van der Waals surface area contributed by atoms with Gasteiger partial charge in [-0.25, -0.2) is 4.98 Å². The highest BCUT2D eigenvalue weighted by atomic mass is 16.5. The molecule has 1 aromatic heterocycles. The number of aromatic nitrogens is 3. The topological polar surface area (TPSA) is 50.8 Å². The van der Waals surface area contributed by atoms with Crippen molar-refractivity contribution in [1.82, 2.24) is 15.2 Å². The van der Waals surface area contributed by atoms with E-state index in [4.69, 9.17) is 4.74 Å². The first-order valence-corrected chi connectivity index (χ1v) is 4.77. The Morgan fingerprint density at radius 2 is 2.27 bits per heavy atom. The van der Waals surface area contributed by atoms with E-state index < -0.39 is 0 Å². The Balaban J connectivity index is 2.29. The quantitative estimate of drug-likeness (QED) is 0.829. The molecule has 2 aromatic rings. The van der Waals surface area contributed by atoms with E-state index in [1.165, 1.54) is 5.56 Å². The van der Waals surface area contributed by atoms with Gasteiger partial charge in [-0.1, -0.05) is 23.8 Å². The average Bonchev–Trinajstić information content (AvgIpc) is 2.67. The van der Waals surface area contributed by atoms with Crippen LogP contribution >= 0.6 is 0 Å². The van der Waals surface area contributed by atoms with Crippen LogP contribution in [-0.2, 0) is 11.3 Å². The molecule has 0 aliphatic rings. The van der Waals surface area contributed by atoms with Gasteiger partial charge in [0.05, 0.1) is 0 Å². The lowest BCUT2D eigenvalue weighted by Crippen LogP contribution is -1.89. The lowest BCUT2D eigenvalue weighted by molar-refractivity contribution is 0.178. The van der Waals surface area contributed by atoms with Crippen LogP contribution in [0.5, 0.6) is 0 Å². The summed E-state index contributed by atoms with van der Waals surface area (Å²) in [6.45, 7) is 2.50. The van der Waals surface area contributed by atoms with Crippen LogP contribution in [0.25, 0.3) is 11.4 Å². The SMILES string of the molecule is COCc1nc(-c2cccc(C)c2)n[nH]1. The second kappa shape index (κ2) is 4.23. The lowest BCUT2D eigenvalue weighted by atomic mass is 10.1. The van der Waals surface area contributed by atoms with Gasteiger partial charge in [-0.3, -0.25) is 5.10 Å². The third-order valence-corrected chi connectivity index (χ3v) is 2.09. The number of rotatable bonds is 3. The maximum atomic E-state index is 4.97. The number of hydrogen-bond donors (Lipinski definition) is 1. The molecule has 0 spiro atoms. The molecule has 1 aromatic carbocycles. The molecule has 2 rings (SSSR count). The molecule has 1 heterocycles. The van der Waals surface area contributed by atoms with Gasteiger partial charge in [0, 0.05) is 12.7 Å². The zero-order valence-electron chi connectivity index (χ0n) is 8.82. The number of hydrogen-bond acceptors (Lipinski definition) is 3. The summed E-state index contributed by atoms with van der Waals surface area (Å²) in [7, 11) is 1.63. The van der Waals surface area contributed by atoms with E-state index in [1.54, 1.807) is 7.11 Å². The fourth-order valence-electron chi connectivity index (χ4n) is 1.41. The Labute approximate surface area is 88.3 Å². The van der Waals surface area contributed by atoms with Crippen molar-refractivity contribution in [3.8, 4) is 11.4 Å². The van der Waals surface area contributed by atoms with Gasteiger partial charge in [0.15, 0.2) is 11.6 Å². The first kappa shape index (κ1) is 9.86. The minimum absolute atomic E-state index is 0.457. The molecule has 15 heavy (non-hydrogen) atoms. The molecule has 78 valence electrons. The molecule has 0 atom stereocenters. The predicted octanol–water partition coefficient (Wildman–Crippen LogP) is 1.93. The summed E-state index contributed by atoms with van der Waals surface area (Å²) < 4.78 is 4.97. The number of methoxy groups -OCH3 is 1. The van der Waals surface area contributed by atoms with Gasteiger partial charge in [0.1, 0.15) is 6.61 Å². The first-order valence-electron chi connectivity index (χ1n) is 4.77. The molecule has 0 aliphatic carbocycles. The third-order valence-electron chi connectivity index (χ3n) is 2.09. The maximum Gasteiger partial charge on any atom is 0.181 e. The molecule has 0 aliphatic heterocycles. The summed E-state index contributed by atoms with van der Waals surface area (Å²) in [6.07, 6.45) is 0. The zero-order valence-corrected chi connectivity index (χ0v) is 8.82. The highest BCUT2D eigenvalue weighted by molar-refractivity contribution is 5.55. The number of aromatic amines is 1. The molecule has 4 heteroatoms. The van der Waals surface area contributed by atoms with E-state index in [-0.39, 0.29) is 0 Å². The minimum atomic E-state index is 0.457. The Bertz CT molecular complexity index is 451. The van der Waals surface area contributed by atoms with E-state index in [0.717, 1.165) is 11.4 Å². The van der Waals surface area contributed by atoms with Crippen molar-refractivity contribution in [3.63, 3.8) is 0 Å². The first-order chi connectivity index (χ1) is 7.29. The highest BCUT2D eigenvalue weighted by Crippen LogP contribution is 2.15. The van der Waals surface area contributed by atoms with E-state index in [1.807, 2.05) is 25.1 Å². The van der Waals surface area contributed by atoms with Crippen molar-refractivity contribution >= 4 is 0 Å². The van der Waals surface area contributed by atoms with Crippen molar-refractivity contribution in [3.05, 3.63) is 35.7 Å². The molecule has 0 saturated heterocycles. The van der Waals surface area contributed by atoms with Crippen LogP contribution in [-0.4, -0.2) is 22.3 Å². The molecule has 0 radical (unpaired) electrons. The smallest absolute Gasteiger partial charge is 0.181 e. The molecule has 0 amide bonds. The molecule has 0 saturated carbocycles. The molecule has 0 bridgehead atoms.